The Morgan fingerprint density at radius 3 is 2.51 bits per heavy atom. The molecule has 0 bridgehead atoms. The zero-order valence-corrected chi connectivity index (χ0v) is 20.7. The van der Waals surface area contributed by atoms with E-state index in [0.29, 0.717) is 30.7 Å². The first-order valence-electron chi connectivity index (χ1n) is 12.2. The van der Waals surface area contributed by atoms with Crippen LogP contribution >= 0.6 is 11.8 Å². The Morgan fingerprint density at radius 2 is 1.71 bits per heavy atom. The smallest absolute Gasteiger partial charge is 0.324 e. The number of thioether (sulfide) groups is 1. The SMILES string of the molecule is O=C1N(CCN2CCCC2)CCN1c1ccc(-c2nnc(CSCCOc3ccccc3)o2)cc1. The predicted molar refractivity (Wildman–Crippen MR) is 138 cm³/mol. The summed E-state index contributed by atoms with van der Waals surface area (Å²) in [5.41, 5.74) is 1.75. The summed E-state index contributed by atoms with van der Waals surface area (Å²) in [6.07, 6.45) is 2.55. The Kier molecular flexibility index (Phi) is 7.85. The number of benzene rings is 2. The van der Waals surface area contributed by atoms with Gasteiger partial charge in [-0.3, -0.25) is 4.90 Å². The summed E-state index contributed by atoms with van der Waals surface area (Å²) in [6.45, 7) is 6.20. The van der Waals surface area contributed by atoms with E-state index >= 15 is 0 Å². The molecule has 0 aliphatic carbocycles. The molecule has 35 heavy (non-hydrogen) atoms. The molecule has 3 heterocycles. The zero-order valence-electron chi connectivity index (χ0n) is 19.8. The van der Waals surface area contributed by atoms with Gasteiger partial charge in [-0.05, 0) is 62.3 Å². The van der Waals surface area contributed by atoms with Gasteiger partial charge in [0.15, 0.2) is 0 Å². The molecule has 0 saturated carbocycles. The van der Waals surface area contributed by atoms with Crippen molar-refractivity contribution in [3.63, 3.8) is 0 Å². The largest absolute Gasteiger partial charge is 0.493 e. The van der Waals surface area contributed by atoms with Gasteiger partial charge >= 0.3 is 6.03 Å². The summed E-state index contributed by atoms with van der Waals surface area (Å²) >= 11 is 1.69. The zero-order chi connectivity index (χ0) is 23.9. The molecule has 0 spiro atoms. The lowest BCUT2D eigenvalue weighted by Gasteiger charge is -2.21. The summed E-state index contributed by atoms with van der Waals surface area (Å²) in [7, 11) is 0. The number of urea groups is 1. The first-order chi connectivity index (χ1) is 17.3. The Labute approximate surface area is 210 Å². The van der Waals surface area contributed by atoms with E-state index < -0.39 is 0 Å². The number of carbonyl (C=O) groups excluding carboxylic acids is 1. The van der Waals surface area contributed by atoms with Gasteiger partial charge in [0.1, 0.15) is 5.75 Å². The molecule has 184 valence electrons. The standard InChI is InChI=1S/C26H31N5O3S/c32-26-30(15-14-29-12-4-5-13-29)16-17-31(26)22-10-8-21(9-11-22)25-28-27-24(34-25)20-35-19-18-33-23-6-2-1-3-7-23/h1-3,6-11H,4-5,12-20H2. The van der Waals surface area contributed by atoms with E-state index in [9.17, 15) is 4.79 Å². The molecule has 0 atom stereocenters. The molecule has 8 nitrogen and oxygen atoms in total. The molecule has 2 fully saturated rings. The average Bonchev–Trinajstić information content (AvgIpc) is 3.65. The summed E-state index contributed by atoms with van der Waals surface area (Å²) in [5.74, 6) is 3.44. The fourth-order valence-corrected chi connectivity index (χ4v) is 5.04. The lowest BCUT2D eigenvalue weighted by atomic mass is 10.2. The van der Waals surface area contributed by atoms with Crippen molar-refractivity contribution in [1.29, 1.82) is 0 Å². The molecule has 0 unspecified atom stereocenters. The van der Waals surface area contributed by atoms with Crippen molar-refractivity contribution < 1.29 is 13.9 Å². The molecule has 5 rings (SSSR count). The summed E-state index contributed by atoms with van der Waals surface area (Å²) in [6, 6.07) is 17.7. The summed E-state index contributed by atoms with van der Waals surface area (Å²) in [4.78, 5) is 19.1. The minimum atomic E-state index is 0.0882. The van der Waals surface area contributed by atoms with Gasteiger partial charge in [-0.1, -0.05) is 18.2 Å². The van der Waals surface area contributed by atoms with Crippen LogP contribution in [-0.4, -0.2) is 77.7 Å². The number of hydrogen-bond acceptors (Lipinski definition) is 7. The number of ether oxygens (including phenoxy) is 1. The molecule has 2 aromatic carbocycles. The van der Waals surface area contributed by atoms with Crippen LogP contribution in [0.2, 0.25) is 0 Å². The van der Waals surface area contributed by atoms with E-state index in [1.165, 1.54) is 12.8 Å². The Morgan fingerprint density at radius 1 is 0.914 bits per heavy atom. The van der Waals surface area contributed by atoms with Gasteiger partial charge < -0.3 is 19.0 Å². The van der Waals surface area contributed by atoms with Crippen LogP contribution in [-0.2, 0) is 5.75 Å². The van der Waals surface area contributed by atoms with Crippen molar-refractivity contribution in [2.45, 2.75) is 18.6 Å². The fourth-order valence-electron chi connectivity index (χ4n) is 4.41. The van der Waals surface area contributed by atoms with E-state index in [4.69, 9.17) is 9.15 Å². The van der Waals surface area contributed by atoms with E-state index in [2.05, 4.69) is 15.1 Å². The second-order valence-corrected chi connectivity index (χ2v) is 9.84. The quantitative estimate of drug-likeness (QED) is 0.367. The van der Waals surface area contributed by atoms with Crippen LogP contribution in [0.4, 0.5) is 10.5 Å². The fraction of sp³-hybridized carbons (Fsp3) is 0.423. The number of hydrogen-bond donors (Lipinski definition) is 0. The van der Waals surface area contributed by atoms with Gasteiger partial charge in [0.2, 0.25) is 11.8 Å². The van der Waals surface area contributed by atoms with Crippen LogP contribution in [0.5, 0.6) is 5.75 Å². The third-order valence-electron chi connectivity index (χ3n) is 6.34. The van der Waals surface area contributed by atoms with Crippen molar-refractivity contribution in [3.05, 3.63) is 60.5 Å². The van der Waals surface area contributed by atoms with Gasteiger partial charge in [-0.2, -0.15) is 0 Å². The number of anilines is 1. The molecule has 2 aliphatic rings. The lowest BCUT2D eigenvalue weighted by molar-refractivity contribution is 0.211. The van der Waals surface area contributed by atoms with Crippen LogP contribution in [0.1, 0.15) is 18.7 Å². The average molecular weight is 494 g/mol. The van der Waals surface area contributed by atoms with Crippen molar-refractivity contribution in [2.75, 3.05) is 56.5 Å². The maximum atomic E-state index is 12.9. The Bertz CT molecular complexity index is 1090. The van der Waals surface area contributed by atoms with Crippen LogP contribution in [0.15, 0.2) is 59.0 Å². The van der Waals surface area contributed by atoms with Crippen LogP contribution in [0.25, 0.3) is 11.5 Å². The highest BCUT2D eigenvalue weighted by Gasteiger charge is 2.29. The third-order valence-corrected chi connectivity index (χ3v) is 7.24. The number of amides is 2. The van der Waals surface area contributed by atoms with Crippen molar-refractivity contribution >= 4 is 23.5 Å². The molecular formula is C26H31N5O3S. The number of para-hydroxylation sites is 1. The van der Waals surface area contributed by atoms with Crippen molar-refractivity contribution in [1.82, 2.24) is 20.0 Å². The molecule has 0 N–H and O–H groups in total. The van der Waals surface area contributed by atoms with Crippen LogP contribution in [0, 0.1) is 0 Å². The monoisotopic (exact) mass is 493 g/mol. The number of carbonyl (C=O) groups is 1. The molecule has 2 amide bonds. The maximum absolute atomic E-state index is 12.9. The molecular weight excluding hydrogens is 462 g/mol. The number of aromatic nitrogens is 2. The van der Waals surface area contributed by atoms with E-state index in [-0.39, 0.29) is 6.03 Å². The number of nitrogens with zero attached hydrogens (tertiary/aromatic N) is 5. The van der Waals surface area contributed by atoms with Crippen molar-refractivity contribution in [2.24, 2.45) is 0 Å². The summed E-state index contributed by atoms with van der Waals surface area (Å²) < 4.78 is 11.5. The van der Waals surface area contributed by atoms with E-state index in [1.54, 1.807) is 11.8 Å². The highest BCUT2D eigenvalue weighted by Crippen LogP contribution is 2.26. The highest BCUT2D eigenvalue weighted by atomic mass is 32.2. The van der Waals surface area contributed by atoms with E-state index in [0.717, 1.165) is 55.5 Å². The summed E-state index contributed by atoms with van der Waals surface area (Å²) in [5, 5.41) is 8.36. The third kappa shape index (κ3) is 6.15. The first kappa shape index (κ1) is 23.7. The lowest BCUT2D eigenvalue weighted by Crippen LogP contribution is -2.37. The maximum Gasteiger partial charge on any atom is 0.324 e. The number of rotatable bonds is 11. The van der Waals surface area contributed by atoms with Gasteiger partial charge in [0.25, 0.3) is 0 Å². The molecule has 2 aliphatic heterocycles. The minimum absolute atomic E-state index is 0.0882. The highest BCUT2D eigenvalue weighted by molar-refractivity contribution is 7.98. The number of likely N-dealkylation sites (tertiary alicyclic amines) is 1. The normalized spacial score (nSPS) is 16.4. The topological polar surface area (TPSA) is 74.9 Å². The molecule has 2 saturated heterocycles. The second kappa shape index (κ2) is 11.6. The van der Waals surface area contributed by atoms with Crippen LogP contribution < -0.4 is 9.64 Å². The Balaban J connectivity index is 1.08. The molecule has 0 radical (unpaired) electrons. The second-order valence-electron chi connectivity index (χ2n) is 8.73. The first-order valence-corrected chi connectivity index (χ1v) is 13.4. The Hall–Kier alpha value is -3.04. The minimum Gasteiger partial charge on any atom is -0.493 e. The predicted octanol–water partition coefficient (Wildman–Crippen LogP) is 4.39. The molecule has 1 aromatic heterocycles. The van der Waals surface area contributed by atoms with Crippen molar-refractivity contribution in [3.8, 4) is 17.2 Å². The van der Waals surface area contributed by atoms with Gasteiger partial charge in [-0.25, -0.2) is 4.79 Å². The van der Waals surface area contributed by atoms with Gasteiger partial charge in [0.05, 0.1) is 12.4 Å². The van der Waals surface area contributed by atoms with E-state index in [1.807, 2.05) is 64.4 Å². The molecule has 3 aromatic rings. The van der Waals surface area contributed by atoms with Gasteiger partial charge in [0, 0.05) is 43.2 Å². The van der Waals surface area contributed by atoms with Crippen LogP contribution in [0.3, 0.4) is 0 Å². The molecule has 9 heteroatoms. The van der Waals surface area contributed by atoms with Gasteiger partial charge in [-0.15, -0.1) is 22.0 Å².